The Morgan fingerprint density at radius 1 is 0.941 bits per heavy atom. The van der Waals surface area contributed by atoms with E-state index >= 15 is 0 Å². The van der Waals surface area contributed by atoms with Crippen LogP contribution in [0.3, 0.4) is 0 Å². The number of amides is 1. The molecule has 1 fully saturated rings. The lowest BCUT2D eigenvalue weighted by atomic mass is 10.1. The predicted molar refractivity (Wildman–Crippen MR) is 131 cm³/mol. The summed E-state index contributed by atoms with van der Waals surface area (Å²) in [4.78, 5) is 27.9. The number of aryl methyl sites for hydroxylation is 2. The van der Waals surface area contributed by atoms with Crippen molar-refractivity contribution in [3.8, 4) is 5.75 Å². The number of hydrogen-bond acceptors (Lipinski definition) is 5. The van der Waals surface area contributed by atoms with E-state index in [1.54, 1.807) is 19.1 Å². The summed E-state index contributed by atoms with van der Waals surface area (Å²) in [6, 6.07) is 20.8. The van der Waals surface area contributed by atoms with Gasteiger partial charge in [0.1, 0.15) is 12.4 Å². The molecule has 7 heteroatoms. The minimum absolute atomic E-state index is 0.0306. The van der Waals surface area contributed by atoms with Crippen molar-refractivity contribution in [2.45, 2.75) is 27.0 Å². The van der Waals surface area contributed by atoms with Crippen LogP contribution in [0.2, 0.25) is 0 Å². The van der Waals surface area contributed by atoms with Crippen molar-refractivity contribution in [2.24, 2.45) is 0 Å². The van der Waals surface area contributed by atoms with E-state index < -0.39 is 4.92 Å². The number of nitrogens with zero attached hydrogens (tertiary/aromatic N) is 3. The van der Waals surface area contributed by atoms with Gasteiger partial charge in [-0.2, -0.15) is 0 Å². The topological polar surface area (TPSA) is 75.9 Å². The van der Waals surface area contributed by atoms with Crippen molar-refractivity contribution in [3.05, 3.63) is 105 Å². The molecule has 4 rings (SSSR count). The maximum Gasteiger partial charge on any atom is 0.272 e. The number of carbonyl (C=O) groups is 1. The molecule has 0 atom stereocenters. The third kappa shape index (κ3) is 5.80. The first kappa shape index (κ1) is 23.4. The fourth-order valence-electron chi connectivity index (χ4n) is 4.13. The standard InChI is InChI=1S/C27H29N3O4/c1-20-6-8-22(9-7-20)18-28-12-14-29(15-13-28)27(31)24-5-3-4-23(17-24)19-34-25-10-11-26(30(32)33)21(2)16-25/h3-11,16-17H,12-15,18-19H2,1-2H3. The van der Waals surface area contributed by atoms with Crippen LogP contribution in [0.15, 0.2) is 66.7 Å². The van der Waals surface area contributed by atoms with Crippen molar-refractivity contribution in [1.29, 1.82) is 0 Å². The molecular formula is C27H29N3O4. The Morgan fingerprint density at radius 3 is 2.35 bits per heavy atom. The zero-order valence-corrected chi connectivity index (χ0v) is 19.6. The molecule has 1 heterocycles. The van der Waals surface area contributed by atoms with Crippen molar-refractivity contribution < 1.29 is 14.5 Å². The van der Waals surface area contributed by atoms with E-state index in [1.165, 1.54) is 17.2 Å². The largest absolute Gasteiger partial charge is 0.489 e. The Morgan fingerprint density at radius 2 is 1.68 bits per heavy atom. The number of nitro groups is 1. The highest BCUT2D eigenvalue weighted by Crippen LogP contribution is 2.24. The maximum absolute atomic E-state index is 13.1. The molecular weight excluding hydrogens is 430 g/mol. The van der Waals surface area contributed by atoms with Crippen molar-refractivity contribution >= 4 is 11.6 Å². The van der Waals surface area contributed by atoms with Crippen LogP contribution in [0.5, 0.6) is 5.75 Å². The van der Waals surface area contributed by atoms with Crippen LogP contribution in [-0.2, 0) is 13.2 Å². The molecule has 3 aromatic carbocycles. The highest BCUT2D eigenvalue weighted by Gasteiger charge is 2.22. The van der Waals surface area contributed by atoms with Gasteiger partial charge in [-0.3, -0.25) is 19.8 Å². The molecule has 0 bridgehead atoms. The molecule has 0 aromatic heterocycles. The van der Waals surface area contributed by atoms with Crippen LogP contribution in [0.25, 0.3) is 0 Å². The first-order valence-electron chi connectivity index (χ1n) is 11.4. The molecule has 1 aliphatic heterocycles. The molecule has 1 aliphatic rings. The number of rotatable bonds is 7. The summed E-state index contributed by atoms with van der Waals surface area (Å²) < 4.78 is 5.81. The van der Waals surface area contributed by atoms with E-state index in [-0.39, 0.29) is 18.2 Å². The third-order valence-corrected chi connectivity index (χ3v) is 6.13. The normalized spacial score (nSPS) is 14.1. The SMILES string of the molecule is Cc1ccc(CN2CCN(C(=O)c3cccc(COc4ccc([N+](=O)[O-])c(C)c4)c3)CC2)cc1. The summed E-state index contributed by atoms with van der Waals surface area (Å²) in [5.41, 5.74) is 4.69. The van der Waals surface area contributed by atoms with Gasteiger partial charge in [-0.05, 0) is 49.2 Å². The van der Waals surface area contributed by atoms with Crippen molar-refractivity contribution in [2.75, 3.05) is 26.2 Å². The molecule has 1 saturated heterocycles. The fraction of sp³-hybridized carbons (Fsp3) is 0.296. The zero-order valence-electron chi connectivity index (χ0n) is 19.6. The lowest BCUT2D eigenvalue weighted by Crippen LogP contribution is -2.48. The molecule has 1 amide bonds. The molecule has 176 valence electrons. The van der Waals surface area contributed by atoms with Crippen molar-refractivity contribution in [3.63, 3.8) is 0 Å². The van der Waals surface area contributed by atoms with Gasteiger partial charge in [0.05, 0.1) is 4.92 Å². The summed E-state index contributed by atoms with van der Waals surface area (Å²) in [5.74, 6) is 0.590. The molecule has 0 saturated carbocycles. The Labute approximate surface area is 199 Å². The van der Waals surface area contributed by atoms with Crippen LogP contribution in [0.1, 0.15) is 32.6 Å². The summed E-state index contributed by atoms with van der Waals surface area (Å²) >= 11 is 0. The Hall–Kier alpha value is -3.71. The second kappa shape index (κ2) is 10.5. The molecule has 0 aliphatic carbocycles. The minimum Gasteiger partial charge on any atom is -0.489 e. The summed E-state index contributed by atoms with van der Waals surface area (Å²) in [5, 5.41) is 11.0. The predicted octanol–water partition coefficient (Wildman–Crippen LogP) is 4.75. The zero-order chi connectivity index (χ0) is 24.1. The number of piperazine rings is 1. The number of carbonyl (C=O) groups excluding carboxylic acids is 1. The average Bonchev–Trinajstić information content (AvgIpc) is 2.84. The smallest absolute Gasteiger partial charge is 0.272 e. The van der Waals surface area contributed by atoms with E-state index in [9.17, 15) is 14.9 Å². The lowest BCUT2D eigenvalue weighted by Gasteiger charge is -2.35. The molecule has 3 aromatic rings. The quantitative estimate of drug-likeness (QED) is 0.377. The molecule has 34 heavy (non-hydrogen) atoms. The number of nitro benzene ring substituents is 1. The molecule has 0 N–H and O–H groups in total. The Kier molecular flexibility index (Phi) is 7.23. The van der Waals surface area contributed by atoms with Crippen LogP contribution in [0, 0.1) is 24.0 Å². The van der Waals surface area contributed by atoms with Gasteiger partial charge in [0.2, 0.25) is 0 Å². The van der Waals surface area contributed by atoms with Gasteiger partial charge in [-0.25, -0.2) is 0 Å². The summed E-state index contributed by atoms with van der Waals surface area (Å²) in [6.07, 6.45) is 0. The Balaban J connectivity index is 1.32. The first-order valence-corrected chi connectivity index (χ1v) is 11.4. The van der Waals surface area contributed by atoms with E-state index in [4.69, 9.17) is 4.74 Å². The average molecular weight is 460 g/mol. The highest BCUT2D eigenvalue weighted by atomic mass is 16.6. The van der Waals surface area contributed by atoms with Crippen LogP contribution in [0.4, 0.5) is 5.69 Å². The van der Waals surface area contributed by atoms with E-state index in [0.717, 1.165) is 25.2 Å². The van der Waals surface area contributed by atoms with E-state index in [1.807, 2.05) is 29.2 Å². The van der Waals surface area contributed by atoms with Gasteiger partial charge in [-0.15, -0.1) is 0 Å². The van der Waals surface area contributed by atoms with Gasteiger partial charge in [0, 0.05) is 49.9 Å². The van der Waals surface area contributed by atoms with Gasteiger partial charge in [0.15, 0.2) is 0 Å². The fourth-order valence-corrected chi connectivity index (χ4v) is 4.13. The van der Waals surface area contributed by atoms with Gasteiger partial charge >= 0.3 is 0 Å². The number of ether oxygens (including phenoxy) is 1. The Bertz CT molecular complexity index is 1170. The summed E-state index contributed by atoms with van der Waals surface area (Å²) in [6.45, 7) is 8.06. The van der Waals surface area contributed by atoms with E-state index in [0.29, 0.717) is 30.0 Å². The number of hydrogen-bond donors (Lipinski definition) is 0. The van der Waals surface area contributed by atoms with Gasteiger partial charge < -0.3 is 9.64 Å². The van der Waals surface area contributed by atoms with Gasteiger partial charge in [-0.1, -0.05) is 42.0 Å². The molecule has 7 nitrogen and oxygen atoms in total. The monoisotopic (exact) mass is 459 g/mol. The first-order chi connectivity index (χ1) is 16.4. The minimum atomic E-state index is -0.406. The second-order valence-electron chi connectivity index (χ2n) is 8.75. The number of benzene rings is 3. The molecule has 0 radical (unpaired) electrons. The molecule has 0 spiro atoms. The summed E-state index contributed by atoms with van der Waals surface area (Å²) in [7, 11) is 0. The third-order valence-electron chi connectivity index (χ3n) is 6.13. The second-order valence-corrected chi connectivity index (χ2v) is 8.75. The van der Waals surface area contributed by atoms with Crippen molar-refractivity contribution in [1.82, 2.24) is 9.80 Å². The highest BCUT2D eigenvalue weighted by molar-refractivity contribution is 5.94. The van der Waals surface area contributed by atoms with Gasteiger partial charge in [0.25, 0.3) is 11.6 Å². The maximum atomic E-state index is 13.1. The van der Waals surface area contributed by atoms with Crippen LogP contribution < -0.4 is 4.74 Å². The van der Waals surface area contributed by atoms with Crippen LogP contribution >= 0.6 is 0 Å². The van der Waals surface area contributed by atoms with Crippen LogP contribution in [-0.4, -0.2) is 46.8 Å². The lowest BCUT2D eigenvalue weighted by molar-refractivity contribution is -0.385. The molecule has 0 unspecified atom stereocenters. The van der Waals surface area contributed by atoms with E-state index in [2.05, 4.69) is 36.1 Å².